The Morgan fingerprint density at radius 1 is 0.943 bits per heavy atom. The summed E-state index contributed by atoms with van der Waals surface area (Å²) in [6.45, 7) is -0.0493. The van der Waals surface area contributed by atoms with Crippen molar-refractivity contribution < 1.29 is 27.8 Å². The number of pyridine rings is 1. The number of carbonyl (C=O) groups is 2. The maximum atomic E-state index is 14.1. The standard InChI is InChI=1S/C25H22F2N4O4/c26-25(27)10-12-34-21-8-5-17(13-20(21)25)30-24(33)29-16-3-6-18(7-4-16)35-19-9-11-28-22(14-19)31-23(32)15-1-2-15/h3-9,11,13-15H,1-2,10,12H2,(H,28,31,32)(H2,29,30,33). The predicted octanol–water partition coefficient (Wildman–Crippen LogP) is 5.74. The van der Waals surface area contributed by atoms with Gasteiger partial charge in [0, 0.05) is 29.6 Å². The van der Waals surface area contributed by atoms with Gasteiger partial charge in [0.2, 0.25) is 5.91 Å². The minimum atomic E-state index is -3.00. The number of anilines is 3. The fraction of sp³-hybridized carbons (Fsp3) is 0.240. The van der Waals surface area contributed by atoms with E-state index in [0.717, 1.165) is 12.8 Å². The SMILES string of the molecule is O=C(Nc1ccc(Oc2ccnc(NC(=O)C3CC3)c2)cc1)Nc1ccc2c(c1)C(F)(F)CCO2. The number of halogens is 2. The molecule has 180 valence electrons. The van der Waals surface area contributed by atoms with Gasteiger partial charge in [-0.05, 0) is 61.4 Å². The number of fused-ring (bicyclic) bond motifs is 1. The van der Waals surface area contributed by atoms with Crippen LogP contribution in [-0.2, 0) is 10.7 Å². The van der Waals surface area contributed by atoms with Gasteiger partial charge in [-0.25, -0.2) is 18.6 Å². The lowest BCUT2D eigenvalue weighted by Gasteiger charge is -2.26. The van der Waals surface area contributed by atoms with Crippen LogP contribution in [0, 0.1) is 5.92 Å². The molecule has 0 spiro atoms. The maximum absolute atomic E-state index is 14.1. The van der Waals surface area contributed by atoms with E-state index in [-0.39, 0.29) is 35.4 Å². The number of amides is 3. The van der Waals surface area contributed by atoms with Crippen LogP contribution in [0.25, 0.3) is 0 Å². The molecule has 3 aromatic rings. The fourth-order valence-electron chi connectivity index (χ4n) is 3.60. The van der Waals surface area contributed by atoms with Crippen molar-refractivity contribution in [1.29, 1.82) is 0 Å². The van der Waals surface area contributed by atoms with E-state index in [1.807, 2.05) is 0 Å². The molecule has 3 N–H and O–H groups in total. The molecule has 8 nitrogen and oxygen atoms in total. The van der Waals surface area contributed by atoms with Crippen LogP contribution in [-0.4, -0.2) is 23.5 Å². The van der Waals surface area contributed by atoms with Crippen LogP contribution in [0.4, 0.5) is 30.8 Å². The monoisotopic (exact) mass is 480 g/mol. The zero-order chi connectivity index (χ0) is 24.4. The van der Waals surface area contributed by atoms with E-state index in [1.54, 1.807) is 42.6 Å². The zero-order valence-corrected chi connectivity index (χ0v) is 18.5. The lowest BCUT2D eigenvalue weighted by atomic mass is 10.0. The Kier molecular flexibility index (Phi) is 5.94. The Labute approximate surface area is 199 Å². The number of hydrogen-bond acceptors (Lipinski definition) is 5. The third-order valence-electron chi connectivity index (χ3n) is 5.58. The summed E-state index contributed by atoms with van der Waals surface area (Å²) in [5.41, 5.74) is 0.469. The van der Waals surface area contributed by atoms with Crippen LogP contribution in [0.5, 0.6) is 17.2 Å². The van der Waals surface area contributed by atoms with Crippen molar-refractivity contribution in [2.45, 2.75) is 25.2 Å². The average molecular weight is 480 g/mol. The van der Waals surface area contributed by atoms with Crippen LogP contribution in [0.3, 0.4) is 0 Å². The molecule has 0 atom stereocenters. The predicted molar refractivity (Wildman–Crippen MR) is 125 cm³/mol. The van der Waals surface area contributed by atoms with Crippen molar-refractivity contribution in [3.63, 3.8) is 0 Å². The second-order valence-electron chi connectivity index (χ2n) is 8.36. The smallest absolute Gasteiger partial charge is 0.323 e. The summed E-state index contributed by atoms with van der Waals surface area (Å²) in [5.74, 6) is -1.43. The van der Waals surface area contributed by atoms with Gasteiger partial charge >= 0.3 is 6.03 Å². The van der Waals surface area contributed by atoms with Crippen molar-refractivity contribution in [3.05, 3.63) is 66.4 Å². The lowest BCUT2D eigenvalue weighted by molar-refractivity contribution is -0.117. The van der Waals surface area contributed by atoms with E-state index in [2.05, 4.69) is 20.9 Å². The number of carbonyl (C=O) groups excluding carboxylic acids is 2. The summed E-state index contributed by atoms with van der Waals surface area (Å²) in [7, 11) is 0. The van der Waals surface area contributed by atoms with Crippen LogP contribution in [0.2, 0.25) is 0 Å². The molecule has 5 rings (SSSR count). The molecule has 1 aromatic heterocycles. The molecule has 2 aromatic carbocycles. The number of nitrogens with zero attached hydrogens (tertiary/aromatic N) is 1. The van der Waals surface area contributed by atoms with E-state index in [9.17, 15) is 18.4 Å². The molecule has 0 bridgehead atoms. The number of aromatic nitrogens is 1. The van der Waals surface area contributed by atoms with Crippen LogP contribution in [0.15, 0.2) is 60.8 Å². The van der Waals surface area contributed by atoms with Gasteiger partial charge in [0.05, 0.1) is 18.6 Å². The third kappa shape index (κ3) is 5.48. The van der Waals surface area contributed by atoms with Crippen LogP contribution >= 0.6 is 0 Å². The van der Waals surface area contributed by atoms with Gasteiger partial charge in [0.1, 0.15) is 23.1 Å². The van der Waals surface area contributed by atoms with E-state index in [1.165, 1.54) is 18.2 Å². The van der Waals surface area contributed by atoms with Gasteiger partial charge in [-0.3, -0.25) is 4.79 Å². The molecule has 35 heavy (non-hydrogen) atoms. The lowest BCUT2D eigenvalue weighted by Crippen LogP contribution is -2.25. The normalized spacial score (nSPS) is 15.8. The van der Waals surface area contributed by atoms with Gasteiger partial charge in [-0.2, -0.15) is 0 Å². The Hall–Kier alpha value is -4.21. The van der Waals surface area contributed by atoms with Crippen LogP contribution in [0.1, 0.15) is 24.8 Å². The highest BCUT2D eigenvalue weighted by atomic mass is 19.3. The van der Waals surface area contributed by atoms with Crippen LogP contribution < -0.4 is 25.4 Å². The first kappa shape index (κ1) is 22.6. The molecule has 3 amide bonds. The summed E-state index contributed by atoms with van der Waals surface area (Å²) in [6.07, 6.45) is 2.94. The minimum absolute atomic E-state index is 0.0409. The number of nitrogens with one attached hydrogen (secondary N) is 3. The maximum Gasteiger partial charge on any atom is 0.323 e. The molecule has 2 heterocycles. The van der Waals surface area contributed by atoms with Gasteiger partial charge in [0.25, 0.3) is 5.92 Å². The van der Waals surface area contributed by atoms with Gasteiger partial charge in [0.15, 0.2) is 0 Å². The molecule has 0 saturated heterocycles. The highest BCUT2D eigenvalue weighted by molar-refractivity contribution is 6.00. The Bertz CT molecular complexity index is 1260. The van der Waals surface area contributed by atoms with Gasteiger partial charge < -0.3 is 25.4 Å². The number of rotatable bonds is 6. The van der Waals surface area contributed by atoms with E-state index < -0.39 is 18.4 Å². The first-order valence-electron chi connectivity index (χ1n) is 11.1. The van der Waals surface area contributed by atoms with E-state index in [0.29, 0.717) is 23.0 Å². The molecule has 1 saturated carbocycles. The van der Waals surface area contributed by atoms with Crippen molar-refractivity contribution in [1.82, 2.24) is 4.98 Å². The summed E-state index contributed by atoms with van der Waals surface area (Å²) < 4.78 is 39.3. The van der Waals surface area contributed by atoms with Crippen molar-refractivity contribution in [2.75, 3.05) is 22.6 Å². The first-order chi connectivity index (χ1) is 16.9. The molecule has 10 heteroatoms. The molecular formula is C25H22F2N4O4. The highest BCUT2D eigenvalue weighted by Gasteiger charge is 2.38. The summed E-state index contributed by atoms with van der Waals surface area (Å²) >= 11 is 0. The fourth-order valence-corrected chi connectivity index (χ4v) is 3.60. The summed E-state index contributed by atoms with van der Waals surface area (Å²) in [4.78, 5) is 28.4. The Morgan fingerprint density at radius 3 is 2.46 bits per heavy atom. The summed E-state index contributed by atoms with van der Waals surface area (Å²) in [5, 5.41) is 7.97. The number of hydrogen-bond donors (Lipinski definition) is 3. The number of ether oxygens (including phenoxy) is 2. The van der Waals surface area contributed by atoms with Crippen molar-refractivity contribution >= 4 is 29.1 Å². The molecular weight excluding hydrogens is 458 g/mol. The number of urea groups is 1. The van der Waals surface area contributed by atoms with E-state index >= 15 is 0 Å². The zero-order valence-electron chi connectivity index (χ0n) is 18.5. The molecule has 1 aliphatic carbocycles. The largest absolute Gasteiger partial charge is 0.493 e. The molecule has 1 fully saturated rings. The number of alkyl halides is 2. The molecule has 1 aliphatic heterocycles. The topological polar surface area (TPSA) is 102 Å². The minimum Gasteiger partial charge on any atom is -0.493 e. The summed E-state index contributed by atoms with van der Waals surface area (Å²) in [6, 6.07) is 13.5. The quantitative estimate of drug-likeness (QED) is 0.418. The second-order valence-corrected chi connectivity index (χ2v) is 8.36. The first-order valence-corrected chi connectivity index (χ1v) is 11.1. The second kappa shape index (κ2) is 9.21. The van der Waals surface area contributed by atoms with Crippen molar-refractivity contribution in [2.24, 2.45) is 5.92 Å². The molecule has 0 radical (unpaired) electrons. The Morgan fingerprint density at radius 2 is 1.69 bits per heavy atom. The third-order valence-corrected chi connectivity index (χ3v) is 5.58. The molecule has 0 unspecified atom stereocenters. The van der Waals surface area contributed by atoms with E-state index in [4.69, 9.17) is 9.47 Å². The highest BCUT2D eigenvalue weighted by Crippen LogP contribution is 2.42. The molecule has 2 aliphatic rings. The van der Waals surface area contributed by atoms with Gasteiger partial charge in [-0.15, -0.1) is 0 Å². The number of benzene rings is 2. The van der Waals surface area contributed by atoms with Crippen molar-refractivity contribution in [3.8, 4) is 17.2 Å². The average Bonchev–Trinajstić information content (AvgIpc) is 3.67. The Balaban J connectivity index is 1.18. The van der Waals surface area contributed by atoms with Gasteiger partial charge in [-0.1, -0.05) is 0 Å².